The average molecular weight is 849 g/mol. The third kappa shape index (κ3) is 10.3. The van der Waals surface area contributed by atoms with Crippen molar-refractivity contribution < 1.29 is 61.9 Å². The molecule has 0 aliphatic carbocycles. The Bertz CT molecular complexity index is 2200. The van der Waals surface area contributed by atoms with E-state index >= 15 is 0 Å². The number of hydrogen-bond acceptors (Lipinski definition) is 13. The van der Waals surface area contributed by atoms with Crippen LogP contribution in [0.25, 0.3) is 0 Å². The molecule has 0 saturated carbocycles. The highest BCUT2D eigenvalue weighted by molar-refractivity contribution is 6.20. The first-order valence-corrected chi connectivity index (χ1v) is 19.9. The quantitative estimate of drug-likeness (QED) is 0.0704. The summed E-state index contributed by atoms with van der Waals surface area (Å²) >= 11 is 6.80. The van der Waals surface area contributed by atoms with Gasteiger partial charge in [-0.3, -0.25) is 0 Å². The van der Waals surface area contributed by atoms with Gasteiger partial charge >= 0.3 is 29.8 Å². The van der Waals surface area contributed by atoms with E-state index in [1.54, 1.807) is 129 Å². The minimum atomic E-state index is -1.69. The summed E-state index contributed by atoms with van der Waals surface area (Å²) in [6.07, 6.45) is -12.7. The predicted molar refractivity (Wildman–Crippen MR) is 218 cm³/mol. The second-order valence-electron chi connectivity index (χ2n) is 14.2. The molecule has 0 unspecified atom stereocenters. The van der Waals surface area contributed by atoms with E-state index in [4.69, 9.17) is 49.5 Å². The van der Waals surface area contributed by atoms with Gasteiger partial charge in [0, 0.05) is 0 Å². The monoisotopic (exact) mass is 848 g/mol. The zero-order chi connectivity index (χ0) is 42.9. The van der Waals surface area contributed by atoms with E-state index in [-0.39, 0.29) is 27.8 Å². The Morgan fingerprint density at radius 1 is 0.377 bits per heavy atom. The van der Waals surface area contributed by atoms with Crippen LogP contribution in [0.15, 0.2) is 152 Å². The number of carbonyl (C=O) groups is 5. The van der Waals surface area contributed by atoms with Crippen molar-refractivity contribution in [2.45, 2.75) is 74.5 Å². The molecule has 14 heteroatoms. The second-order valence-corrected chi connectivity index (χ2v) is 14.6. The highest BCUT2D eigenvalue weighted by Crippen LogP contribution is 2.37. The average Bonchev–Trinajstić information content (AvgIpc) is 3.29. The number of alkyl halides is 1. The second kappa shape index (κ2) is 19.8. The number of benzene rings is 5. The van der Waals surface area contributed by atoms with E-state index in [0.29, 0.717) is 0 Å². The van der Waals surface area contributed by atoms with Gasteiger partial charge in [-0.25, -0.2) is 24.0 Å². The molecule has 314 valence electrons. The van der Waals surface area contributed by atoms with E-state index in [9.17, 15) is 24.0 Å². The van der Waals surface area contributed by atoms with Crippen molar-refractivity contribution in [3.8, 4) is 0 Å². The SMILES string of the molecule is C[C@@H]1O[C@@H](Cl)[C@H](OC(=O)c2ccccc2)[C@H](O[C@@H]2O[C@@H](C)[C@H](OC(=O)c3ccccc3)[C@@H](OC(=O)c3ccccc3)[C@H]2OC(=O)c2ccccc2)[C@H]1OC(=O)c1ccccc1. The van der Waals surface area contributed by atoms with Crippen molar-refractivity contribution in [2.75, 3.05) is 0 Å². The number of ether oxygens (including phenoxy) is 8. The van der Waals surface area contributed by atoms with Crippen LogP contribution in [0.4, 0.5) is 0 Å². The van der Waals surface area contributed by atoms with Gasteiger partial charge in [-0.2, -0.15) is 0 Å². The maximum absolute atomic E-state index is 14.0. The molecular weight excluding hydrogens is 808 g/mol. The lowest BCUT2D eigenvalue weighted by molar-refractivity contribution is -0.328. The summed E-state index contributed by atoms with van der Waals surface area (Å²) in [5, 5.41) is 0. The Hall–Kier alpha value is -6.38. The van der Waals surface area contributed by atoms with Crippen LogP contribution in [-0.2, 0) is 37.9 Å². The number of esters is 5. The summed E-state index contributed by atoms with van der Waals surface area (Å²) in [7, 11) is 0. The van der Waals surface area contributed by atoms with Crippen molar-refractivity contribution in [3.05, 3.63) is 179 Å². The molecule has 0 N–H and O–H groups in total. The van der Waals surface area contributed by atoms with Crippen molar-refractivity contribution >= 4 is 41.4 Å². The third-order valence-electron chi connectivity index (χ3n) is 9.99. The Kier molecular flexibility index (Phi) is 13.9. The lowest BCUT2D eigenvalue weighted by Crippen LogP contribution is -2.65. The first-order valence-electron chi connectivity index (χ1n) is 19.5. The molecule has 2 heterocycles. The number of rotatable bonds is 12. The largest absolute Gasteiger partial charge is 0.453 e. The van der Waals surface area contributed by atoms with Gasteiger partial charge in [-0.1, -0.05) is 103 Å². The summed E-state index contributed by atoms with van der Waals surface area (Å²) in [4.78, 5) is 68.7. The van der Waals surface area contributed by atoms with Crippen LogP contribution in [0, 0.1) is 0 Å². The Morgan fingerprint density at radius 2 is 0.656 bits per heavy atom. The first kappa shape index (κ1) is 42.7. The predicted octanol–water partition coefficient (Wildman–Crippen LogP) is 7.23. The molecule has 61 heavy (non-hydrogen) atoms. The molecule has 0 spiro atoms. The Labute approximate surface area is 356 Å². The number of carbonyl (C=O) groups excluding carboxylic acids is 5. The molecule has 0 amide bonds. The lowest BCUT2D eigenvalue weighted by Gasteiger charge is -2.47. The van der Waals surface area contributed by atoms with Crippen molar-refractivity contribution in [3.63, 3.8) is 0 Å². The van der Waals surface area contributed by atoms with Crippen LogP contribution in [0.1, 0.15) is 65.6 Å². The third-order valence-corrected chi connectivity index (χ3v) is 10.3. The van der Waals surface area contributed by atoms with E-state index in [1.165, 1.54) is 36.4 Å². The summed E-state index contributed by atoms with van der Waals surface area (Å²) in [6.45, 7) is 3.14. The van der Waals surface area contributed by atoms with Gasteiger partial charge in [0.2, 0.25) is 0 Å². The van der Waals surface area contributed by atoms with Gasteiger partial charge in [0.25, 0.3) is 0 Å². The fraction of sp³-hybridized carbons (Fsp3) is 0.255. The van der Waals surface area contributed by atoms with Gasteiger partial charge in [0.15, 0.2) is 42.4 Å². The number of hydrogen-bond donors (Lipinski definition) is 0. The minimum Gasteiger partial charge on any atom is -0.453 e. The summed E-state index contributed by atoms with van der Waals surface area (Å²) in [6, 6.07) is 40.4. The standard InChI is InChI=1S/C47H41ClO13/c1-28-35(56-42(49)30-18-8-3-9-19-30)37(39(41(48)54-28)59-45(52)33-24-14-6-15-25-33)61-47-40(60-46(53)34-26-16-7-17-27-34)38(58-44(51)32-22-12-5-13-23-32)36(29(2)55-47)57-43(50)31-20-10-4-11-21-31/h3-29,35-41,47H,1-2H3/t28-,29-,35-,36-,37+,38+,39+,40+,41+,47-/m0/s1. The van der Waals surface area contributed by atoms with Crippen molar-refractivity contribution in [1.82, 2.24) is 0 Å². The molecule has 5 aromatic carbocycles. The first-order chi connectivity index (χ1) is 29.6. The Balaban J connectivity index is 1.30. The highest BCUT2D eigenvalue weighted by atomic mass is 35.5. The lowest BCUT2D eigenvalue weighted by atomic mass is 9.96. The fourth-order valence-corrected chi connectivity index (χ4v) is 7.25. The molecule has 10 atom stereocenters. The molecule has 2 aliphatic heterocycles. The molecule has 13 nitrogen and oxygen atoms in total. The fourth-order valence-electron chi connectivity index (χ4n) is 6.89. The van der Waals surface area contributed by atoms with Crippen LogP contribution in [0.3, 0.4) is 0 Å². The molecule has 0 bridgehead atoms. The highest BCUT2D eigenvalue weighted by Gasteiger charge is 2.56. The zero-order valence-electron chi connectivity index (χ0n) is 32.9. The minimum absolute atomic E-state index is 0.121. The van der Waals surface area contributed by atoms with Gasteiger partial charge in [-0.15, -0.1) is 0 Å². The van der Waals surface area contributed by atoms with Crippen LogP contribution in [0.2, 0.25) is 0 Å². The van der Waals surface area contributed by atoms with Gasteiger partial charge < -0.3 is 37.9 Å². The van der Waals surface area contributed by atoms with Gasteiger partial charge in [0.05, 0.1) is 40.0 Å². The zero-order valence-corrected chi connectivity index (χ0v) is 33.6. The molecule has 0 radical (unpaired) electrons. The van der Waals surface area contributed by atoms with Gasteiger partial charge in [0.1, 0.15) is 6.10 Å². The topological polar surface area (TPSA) is 159 Å². The molecule has 2 saturated heterocycles. The molecule has 0 aromatic heterocycles. The summed E-state index contributed by atoms with van der Waals surface area (Å²) in [5.41, 5.74) is -0.534. The van der Waals surface area contributed by atoms with Crippen LogP contribution >= 0.6 is 11.6 Å². The van der Waals surface area contributed by atoms with Crippen LogP contribution < -0.4 is 0 Å². The molecule has 5 aromatic rings. The van der Waals surface area contributed by atoms with Crippen molar-refractivity contribution in [2.24, 2.45) is 0 Å². The summed E-state index contributed by atoms with van der Waals surface area (Å²) in [5.74, 6) is -4.06. The smallest absolute Gasteiger partial charge is 0.338 e. The molecule has 7 rings (SSSR count). The van der Waals surface area contributed by atoms with E-state index in [2.05, 4.69) is 0 Å². The maximum Gasteiger partial charge on any atom is 0.338 e. The van der Waals surface area contributed by atoms with Crippen molar-refractivity contribution in [1.29, 1.82) is 0 Å². The molecule has 2 aliphatic rings. The van der Waals surface area contributed by atoms with Crippen LogP contribution in [-0.4, -0.2) is 90.5 Å². The normalized spacial score (nSPS) is 25.9. The van der Waals surface area contributed by atoms with E-state index in [0.717, 1.165) is 0 Å². The van der Waals surface area contributed by atoms with E-state index < -0.39 is 90.5 Å². The van der Waals surface area contributed by atoms with E-state index in [1.807, 2.05) is 0 Å². The molecular formula is C47H41ClO13. The molecule has 2 fully saturated rings. The number of halogens is 1. The maximum atomic E-state index is 14.0. The summed E-state index contributed by atoms with van der Waals surface area (Å²) < 4.78 is 49.4. The van der Waals surface area contributed by atoms with Gasteiger partial charge in [-0.05, 0) is 74.5 Å². The van der Waals surface area contributed by atoms with Crippen LogP contribution in [0.5, 0.6) is 0 Å². The Morgan fingerprint density at radius 3 is 1.02 bits per heavy atom.